The van der Waals surface area contributed by atoms with Gasteiger partial charge in [-0.25, -0.2) is 0 Å². The zero-order chi connectivity index (χ0) is 11.5. The zero-order valence-corrected chi connectivity index (χ0v) is 10.3. The van der Waals surface area contributed by atoms with E-state index < -0.39 is 0 Å². The van der Waals surface area contributed by atoms with Crippen LogP contribution in [0.3, 0.4) is 0 Å². The van der Waals surface area contributed by atoms with E-state index in [4.69, 9.17) is 0 Å². The van der Waals surface area contributed by atoms with Crippen molar-refractivity contribution in [3.05, 3.63) is 28.2 Å². The Balaban J connectivity index is 1.69. The highest BCUT2D eigenvalue weighted by Crippen LogP contribution is 2.13. The van der Waals surface area contributed by atoms with Gasteiger partial charge in [0.05, 0.1) is 0 Å². The molecule has 17 heavy (non-hydrogen) atoms. The Labute approximate surface area is 104 Å². The molecule has 0 unspecified atom stereocenters. The van der Waals surface area contributed by atoms with E-state index >= 15 is 0 Å². The molecule has 5 nitrogen and oxygen atoms in total. The summed E-state index contributed by atoms with van der Waals surface area (Å²) in [4.78, 5) is 6.76. The van der Waals surface area contributed by atoms with Crippen LogP contribution in [0.4, 0.5) is 5.95 Å². The second-order valence-electron chi connectivity index (χ2n) is 4.13. The Hall–Kier alpha value is -1.40. The lowest BCUT2D eigenvalue weighted by Crippen LogP contribution is -2.44. The second-order valence-corrected chi connectivity index (χ2v) is 4.91. The maximum Gasteiger partial charge on any atom is 0.244 e. The van der Waals surface area contributed by atoms with Crippen molar-refractivity contribution in [1.29, 1.82) is 0 Å². The van der Waals surface area contributed by atoms with E-state index in [2.05, 4.69) is 42.2 Å². The first-order valence-electron chi connectivity index (χ1n) is 5.80. The first-order chi connectivity index (χ1) is 8.42. The third-order valence-corrected chi connectivity index (χ3v) is 3.60. The molecule has 0 atom stereocenters. The van der Waals surface area contributed by atoms with Crippen molar-refractivity contribution in [2.24, 2.45) is 0 Å². The van der Waals surface area contributed by atoms with Crippen LogP contribution in [0.25, 0.3) is 0 Å². The molecule has 1 aliphatic rings. The van der Waals surface area contributed by atoms with E-state index in [-0.39, 0.29) is 0 Å². The molecule has 0 saturated carbocycles. The Morgan fingerprint density at radius 1 is 1.35 bits per heavy atom. The van der Waals surface area contributed by atoms with Crippen LogP contribution in [0, 0.1) is 0 Å². The maximum absolute atomic E-state index is 4.54. The Bertz CT molecular complexity index is 458. The molecule has 3 heterocycles. The fourth-order valence-corrected chi connectivity index (χ4v) is 2.63. The van der Waals surface area contributed by atoms with E-state index in [1.54, 1.807) is 11.3 Å². The smallest absolute Gasteiger partial charge is 0.244 e. The van der Waals surface area contributed by atoms with Gasteiger partial charge in [-0.3, -0.25) is 5.10 Å². The highest BCUT2D eigenvalue weighted by molar-refractivity contribution is 7.07. The van der Waals surface area contributed by atoms with Gasteiger partial charge in [0.2, 0.25) is 5.95 Å². The Morgan fingerprint density at radius 3 is 3.00 bits per heavy atom. The monoisotopic (exact) mass is 249 g/mol. The Kier molecular flexibility index (Phi) is 3.06. The molecule has 0 bridgehead atoms. The zero-order valence-electron chi connectivity index (χ0n) is 9.52. The number of nitrogens with zero attached hydrogens (tertiary/aromatic N) is 3. The number of aromatic amines is 1. The first-order valence-corrected chi connectivity index (χ1v) is 6.74. The third kappa shape index (κ3) is 2.48. The van der Waals surface area contributed by atoms with Crippen LogP contribution >= 0.6 is 11.3 Å². The van der Waals surface area contributed by atoms with Crippen molar-refractivity contribution < 1.29 is 0 Å². The van der Waals surface area contributed by atoms with Crippen LogP contribution in [0.1, 0.15) is 11.4 Å². The largest absolute Gasteiger partial charge is 0.337 e. The number of thiophene rings is 1. The first kappa shape index (κ1) is 10.7. The molecule has 0 amide bonds. The number of nitrogens with one attached hydrogen (secondary N) is 2. The van der Waals surface area contributed by atoms with Crippen molar-refractivity contribution in [3.8, 4) is 0 Å². The van der Waals surface area contributed by atoms with Crippen LogP contribution in [0.15, 0.2) is 16.8 Å². The number of H-pyrrole nitrogens is 1. The molecule has 3 rings (SSSR count). The predicted octanol–water partition coefficient (Wildman–Crippen LogP) is 0.867. The molecule has 1 aliphatic heterocycles. The number of rotatable bonds is 3. The summed E-state index contributed by atoms with van der Waals surface area (Å²) >= 11 is 1.71. The van der Waals surface area contributed by atoms with Crippen LogP contribution in [-0.4, -0.2) is 41.4 Å². The average Bonchev–Trinajstić information content (AvgIpc) is 3.02. The summed E-state index contributed by atoms with van der Waals surface area (Å²) in [7, 11) is 0. The van der Waals surface area contributed by atoms with Gasteiger partial charge >= 0.3 is 0 Å². The van der Waals surface area contributed by atoms with Gasteiger partial charge in [-0.2, -0.15) is 16.3 Å². The van der Waals surface area contributed by atoms with E-state index in [1.807, 2.05) is 0 Å². The van der Waals surface area contributed by atoms with Gasteiger partial charge in [0.25, 0.3) is 0 Å². The second kappa shape index (κ2) is 4.85. The SMILES string of the molecule is c1cc(Cc2nc(N3CCNCC3)n[nH]2)cs1. The molecule has 2 N–H and O–H groups in total. The highest BCUT2D eigenvalue weighted by Gasteiger charge is 2.14. The molecule has 90 valence electrons. The average molecular weight is 249 g/mol. The summed E-state index contributed by atoms with van der Waals surface area (Å²) in [5.41, 5.74) is 1.29. The maximum atomic E-state index is 4.54. The molecule has 6 heteroatoms. The molecule has 0 aliphatic carbocycles. The van der Waals surface area contributed by atoms with Crippen LogP contribution in [0.2, 0.25) is 0 Å². The summed E-state index contributed by atoms with van der Waals surface area (Å²) in [6.45, 7) is 3.98. The van der Waals surface area contributed by atoms with Crippen molar-refractivity contribution in [1.82, 2.24) is 20.5 Å². The lowest BCUT2D eigenvalue weighted by Gasteiger charge is -2.25. The molecule has 2 aromatic rings. The minimum Gasteiger partial charge on any atom is -0.337 e. The fourth-order valence-electron chi connectivity index (χ4n) is 1.96. The van der Waals surface area contributed by atoms with Crippen molar-refractivity contribution in [2.45, 2.75) is 6.42 Å². The molecule has 0 aromatic carbocycles. The van der Waals surface area contributed by atoms with Gasteiger partial charge in [-0.1, -0.05) is 0 Å². The summed E-state index contributed by atoms with van der Waals surface area (Å²) in [6.07, 6.45) is 0.836. The van der Waals surface area contributed by atoms with Gasteiger partial charge in [0.1, 0.15) is 5.82 Å². The minimum absolute atomic E-state index is 0.830. The van der Waals surface area contributed by atoms with E-state index in [9.17, 15) is 0 Å². The van der Waals surface area contributed by atoms with E-state index in [0.717, 1.165) is 44.4 Å². The number of anilines is 1. The van der Waals surface area contributed by atoms with Crippen molar-refractivity contribution >= 4 is 17.3 Å². The fraction of sp³-hybridized carbons (Fsp3) is 0.455. The molecule has 1 saturated heterocycles. The molecule has 1 fully saturated rings. The van der Waals surface area contributed by atoms with Gasteiger partial charge in [0, 0.05) is 32.6 Å². The number of aromatic nitrogens is 3. The normalized spacial score (nSPS) is 16.4. The van der Waals surface area contributed by atoms with E-state index in [1.165, 1.54) is 5.56 Å². The molecular weight excluding hydrogens is 234 g/mol. The lowest BCUT2D eigenvalue weighted by molar-refractivity contribution is 0.580. The lowest BCUT2D eigenvalue weighted by atomic mass is 10.2. The van der Waals surface area contributed by atoms with Gasteiger partial charge in [-0.15, -0.1) is 5.10 Å². The molecule has 2 aromatic heterocycles. The van der Waals surface area contributed by atoms with Crippen LogP contribution in [0.5, 0.6) is 0 Å². The van der Waals surface area contributed by atoms with Crippen molar-refractivity contribution in [2.75, 3.05) is 31.1 Å². The quantitative estimate of drug-likeness (QED) is 0.847. The van der Waals surface area contributed by atoms with Crippen LogP contribution < -0.4 is 10.2 Å². The summed E-state index contributed by atoms with van der Waals surface area (Å²) < 4.78 is 0. The number of hydrogen-bond donors (Lipinski definition) is 2. The molecule has 0 spiro atoms. The molecule has 0 radical (unpaired) electrons. The summed E-state index contributed by atoms with van der Waals surface area (Å²) in [5, 5.41) is 14.9. The summed E-state index contributed by atoms with van der Waals surface area (Å²) in [6, 6.07) is 2.12. The highest BCUT2D eigenvalue weighted by atomic mass is 32.1. The van der Waals surface area contributed by atoms with Crippen LogP contribution in [-0.2, 0) is 6.42 Å². The third-order valence-electron chi connectivity index (χ3n) is 2.87. The summed E-state index contributed by atoms with van der Waals surface area (Å²) in [5.74, 6) is 1.77. The van der Waals surface area contributed by atoms with E-state index in [0.29, 0.717) is 0 Å². The number of piperazine rings is 1. The van der Waals surface area contributed by atoms with Gasteiger partial charge in [-0.05, 0) is 22.4 Å². The van der Waals surface area contributed by atoms with Crippen molar-refractivity contribution in [3.63, 3.8) is 0 Å². The van der Waals surface area contributed by atoms with Gasteiger partial charge < -0.3 is 10.2 Å². The standard InChI is InChI=1S/C11H15N5S/c1-6-17-8-9(1)7-10-13-11(15-14-10)16-4-2-12-3-5-16/h1,6,8,12H,2-5,7H2,(H,13,14,15). The molecular formula is C11H15N5S. The van der Waals surface area contributed by atoms with Gasteiger partial charge in [0.15, 0.2) is 0 Å². The Morgan fingerprint density at radius 2 is 2.24 bits per heavy atom. The topological polar surface area (TPSA) is 56.8 Å². The minimum atomic E-state index is 0.830. The predicted molar refractivity (Wildman–Crippen MR) is 68.6 cm³/mol. The number of hydrogen-bond acceptors (Lipinski definition) is 5.